The van der Waals surface area contributed by atoms with Crippen LogP contribution < -0.4 is 10.1 Å². The number of nitrogens with zero attached hydrogens (tertiary/aromatic N) is 4. The number of piperidine rings is 1. The zero-order valence-electron chi connectivity index (χ0n) is 21.8. The molecule has 2 aromatic heterocycles. The van der Waals surface area contributed by atoms with E-state index in [0.29, 0.717) is 45.3 Å². The van der Waals surface area contributed by atoms with Gasteiger partial charge in [-0.3, -0.25) is 4.79 Å². The van der Waals surface area contributed by atoms with Gasteiger partial charge in [0.15, 0.2) is 22.4 Å². The smallest absolute Gasteiger partial charge is 0.407 e. The number of pyridine rings is 1. The predicted octanol–water partition coefficient (Wildman–Crippen LogP) is 8.52. The Morgan fingerprint density at radius 2 is 1.90 bits per heavy atom. The zero-order valence-corrected chi connectivity index (χ0v) is 23.4. The van der Waals surface area contributed by atoms with Crippen LogP contribution in [0.3, 0.4) is 0 Å². The number of hydrogen-bond donors (Lipinski definition) is 1. The summed E-state index contributed by atoms with van der Waals surface area (Å²) in [4.78, 5) is 26.6. The minimum Gasteiger partial charge on any atom is -0.453 e. The van der Waals surface area contributed by atoms with Gasteiger partial charge in [0.25, 0.3) is 0 Å². The van der Waals surface area contributed by atoms with Crippen LogP contribution in [0.4, 0.5) is 29.8 Å². The molecule has 5 rings (SSSR count). The van der Waals surface area contributed by atoms with Crippen LogP contribution in [0.25, 0.3) is 4.85 Å². The van der Waals surface area contributed by atoms with Gasteiger partial charge in [-0.15, -0.1) is 11.3 Å². The molecule has 1 aliphatic heterocycles. The van der Waals surface area contributed by atoms with Crippen molar-refractivity contribution < 1.29 is 22.7 Å². The SMILES string of the molecule is [C-]#[N+]c1ccc(Sc2cnc(Nc3nc(C4CCN(C(C)=O)CC4)cs3)c(Oc3ccccc3)c2)cc1C(F)(F)F. The van der Waals surface area contributed by atoms with Crippen molar-refractivity contribution in [2.75, 3.05) is 18.4 Å². The highest BCUT2D eigenvalue weighted by molar-refractivity contribution is 7.99. The van der Waals surface area contributed by atoms with Gasteiger partial charge in [-0.05, 0) is 31.0 Å². The van der Waals surface area contributed by atoms with Crippen LogP contribution in [0, 0.1) is 6.57 Å². The second-order valence-corrected chi connectivity index (χ2v) is 11.3. The summed E-state index contributed by atoms with van der Waals surface area (Å²) in [6.45, 7) is 10.1. The number of anilines is 2. The van der Waals surface area contributed by atoms with Crippen LogP contribution in [-0.2, 0) is 11.0 Å². The van der Waals surface area contributed by atoms with Crippen molar-refractivity contribution in [1.82, 2.24) is 14.9 Å². The van der Waals surface area contributed by atoms with Crippen molar-refractivity contribution in [1.29, 1.82) is 0 Å². The lowest BCUT2D eigenvalue weighted by Crippen LogP contribution is -2.36. The lowest BCUT2D eigenvalue weighted by Gasteiger charge is -2.30. The molecule has 0 unspecified atom stereocenters. The number of hydrogen-bond acceptors (Lipinski definition) is 7. The Bertz CT molecular complexity index is 1580. The maximum absolute atomic E-state index is 13.5. The fourth-order valence-corrected chi connectivity index (χ4v) is 6.08. The number of likely N-dealkylation sites (tertiary alicyclic amines) is 1. The number of rotatable bonds is 7. The molecule has 7 nitrogen and oxygen atoms in total. The van der Waals surface area contributed by atoms with Crippen LogP contribution in [-0.4, -0.2) is 33.9 Å². The number of aromatic nitrogens is 2. The maximum atomic E-state index is 13.5. The van der Waals surface area contributed by atoms with Crippen LogP contribution >= 0.6 is 23.1 Å². The fourth-order valence-electron chi connectivity index (χ4n) is 4.43. The number of alkyl halides is 3. The number of ether oxygens (including phenoxy) is 1. The van der Waals surface area contributed by atoms with E-state index in [2.05, 4.69) is 15.1 Å². The third kappa shape index (κ3) is 6.99. The van der Waals surface area contributed by atoms with E-state index in [1.165, 1.54) is 23.5 Å². The lowest BCUT2D eigenvalue weighted by molar-refractivity contribution is -0.137. The number of amides is 1. The largest absolute Gasteiger partial charge is 0.453 e. The molecule has 0 bridgehead atoms. The predicted molar refractivity (Wildman–Crippen MR) is 152 cm³/mol. The van der Waals surface area contributed by atoms with Gasteiger partial charge in [-0.25, -0.2) is 14.8 Å². The molecule has 12 heteroatoms. The minimum absolute atomic E-state index is 0.0869. The summed E-state index contributed by atoms with van der Waals surface area (Å²) in [5.74, 6) is 1.70. The molecule has 0 spiro atoms. The van der Waals surface area contributed by atoms with E-state index in [-0.39, 0.29) is 11.8 Å². The van der Waals surface area contributed by atoms with Gasteiger partial charge in [-0.2, -0.15) is 13.2 Å². The molecule has 1 amide bonds. The Kier molecular flexibility index (Phi) is 8.46. The summed E-state index contributed by atoms with van der Waals surface area (Å²) in [5.41, 5.74) is -0.461. The van der Waals surface area contributed by atoms with Gasteiger partial charge in [0.1, 0.15) is 5.75 Å². The van der Waals surface area contributed by atoms with Crippen LogP contribution in [0.2, 0.25) is 0 Å². The molecule has 1 N–H and O–H groups in total. The van der Waals surface area contributed by atoms with Gasteiger partial charge in [0.05, 0.1) is 17.8 Å². The van der Waals surface area contributed by atoms with Crippen molar-refractivity contribution in [2.24, 2.45) is 0 Å². The van der Waals surface area contributed by atoms with Gasteiger partial charge in [0.2, 0.25) is 5.91 Å². The van der Waals surface area contributed by atoms with Gasteiger partial charge >= 0.3 is 6.18 Å². The molecule has 0 atom stereocenters. The normalized spacial score (nSPS) is 14.0. The van der Waals surface area contributed by atoms with Crippen molar-refractivity contribution in [2.45, 2.75) is 41.7 Å². The number of para-hydroxylation sites is 1. The first-order valence-corrected chi connectivity index (χ1v) is 14.4. The molecule has 4 aromatic rings. The van der Waals surface area contributed by atoms with E-state index >= 15 is 0 Å². The number of halogens is 3. The van der Waals surface area contributed by atoms with Crippen LogP contribution in [0.1, 0.15) is 36.9 Å². The topological polar surface area (TPSA) is 71.7 Å². The molecule has 0 radical (unpaired) electrons. The molecule has 41 heavy (non-hydrogen) atoms. The first-order valence-electron chi connectivity index (χ1n) is 12.7. The Balaban J connectivity index is 1.38. The first-order chi connectivity index (χ1) is 19.7. The number of benzene rings is 2. The molecule has 2 aromatic carbocycles. The Morgan fingerprint density at radius 3 is 2.59 bits per heavy atom. The molecule has 0 aliphatic carbocycles. The molecule has 1 fully saturated rings. The summed E-state index contributed by atoms with van der Waals surface area (Å²) in [5, 5.41) is 5.86. The highest BCUT2D eigenvalue weighted by Gasteiger charge is 2.33. The molecule has 0 saturated carbocycles. The van der Waals surface area contributed by atoms with Crippen LogP contribution in [0.5, 0.6) is 11.5 Å². The van der Waals surface area contributed by atoms with Gasteiger partial charge in [0, 0.05) is 53.4 Å². The molecule has 1 aliphatic rings. The van der Waals surface area contributed by atoms with Crippen molar-refractivity contribution in [3.8, 4) is 11.5 Å². The highest BCUT2D eigenvalue weighted by Crippen LogP contribution is 2.42. The number of nitrogens with one attached hydrogen (secondary N) is 1. The average molecular weight is 596 g/mol. The van der Waals surface area contributed by atoms with E-state index in [0.717, 1.165) is 36.4 Å². The summed E-state index contributed by atoms with van der Waals surface area (Å²) >= 11 is 2.53. The quantitative estimate of drug-likeness (QED) is 0.216. The summed E-state index contributed by atoms with van der Waals surface area (Å²) in [7, 11) is 0. The Labute approximate surface area is 243 Å². The van der Waals surface area contributed by atoms with E-state index < -0.39 is 17.4 Å². The molecule has 210 valence electrons. The van der Waals surface area contributed by atoms with E-state index in [1.807, 2.05) is 28.5 Å². The fraction of sp³-hybridized carbons (Fsp3) is 0.241. The Hall–Kier alpha value is -4.08. The van der Waals surface area contributed by atoms with Crippen molar-refractivity contribution in [3.05, 3.63) is 88.8 Å². The maximum Gasteiger partial charge on any atom is 0.407 e. The second-order valence-electron chi connectivity index (χ2n) is 9.31. The summed E-state index contributed by atoms with van der Waals surface area (Å²) < 4.78 is 46.5. The molecular formula is C29H24F3N5O2S2. The lowest BCUT2D eigenvalue weighted by atomic mass is 9.94. The van der Waals surface area contributed by atoms with Gasteiger partial charge in [-0.1, -0.05) is 42.1 Å². The average Bonchev–Trinajstić information content (AvgIpc) is 3.43. The third-order valence-corrected chi connectivity index (χ3v) is 8.26. The van der Waals surface area contributed by atoms with Gasteiger partial charge < -0.3 is 15.0 Å². The number of carbonyl (C=O) groups is 1. The standard InChI is InChI=1S/C29H24F3N5O2S2/c1-18(38)37-12-10-19(11-13-37)25-17-40-28(35-25)36-27-26(39-20-6-4-3-5-7-20)15-22(16-34-27)41-21-8-9-24(33-2)23(14-21)29(30,31)32/h3-9,14-17,19H,10-13H2,1H3,(H,34,35,36). The van der Waals surface area contributed by atoms with E-state index in [4.69, 9.17) is 16.3 Å². The summed E-state index contributed by atoms with van der Waals surface area (Å²) in [6.07, 6.45) is -1.39. The number of thiazole rings is 1. The second kappa shape index (κ2) is 12.2. The monoisotopic (exact) mass is 595 g/mol. The number of carbonyl (C=O) groups excluding carboxylic acids is 1. The van der Waals surface area contributed by atoms with E-state index in [9.17, 15) is 18.0 Å². The van der Waals surface area contributed by atoms with Crippen molar-refractivity contribution >= 4 is 45.6 Å². The third-order valence-electron chi connectivity index (χ3n) is 6.53. The van der Waals surface area contributed by atoms with Crippen LogP contribution in [0.15, 0.2) is 76.0 Å². The Morgan fingerprint density at radius 1 is 1.15 bits per heavy atom. The minimum atomic E-state index is -4.64. The first kappa shape index (κ1) is 28.4. The summed E-state index contributed by atoms with van der Waals surface area (Å²) in [6, 6.07) is 14.4. The molecule has 3 heterocycles. The van der Waals surface area contributed by atoms with Crippen molar-refractivity contribution in [3.63, 3.8) is 0 Å². The molecular weight excluding hydrogens is 571 g/mol. The van der Waals surface area contributed by atoms with E-state index in [1.54, 1.807) is 31.3 Å². The highest BCUT2D eigenvalue weighted by atomic mass is 32.2. The molecule has 1 saturated heterocycles. The zero-order chi connectivity index (χ0) is 29.0.